The van der Waals surface area contributed by atoms with Crippen molar-refractivity contribution in [3.63, 3.8) is 0 Å². The van der Waals surface area contributed by atoms with Crippen LogP contribution in [0.4, 0.5) is 0 Å². The standard InChI is InChI=1S/C7H13IO/c1-7(2,8)9-6-4-3-5-6/h6H,3-5H2,1-2H3. The van der Waals surface area contributed by atoms with Crippen molar-refractivity contribution in [2.45, 2.75) is 42.8 Å². The first-order valence-corrected chi connectivity index (χ1v) is 4.52. The lowest BCUT2D eigenvalue weighted by Crippen LogP contribution is -2.29. The highest BCUT2D eigenvalue weighted by Crippen LogP contribution is 2.29. The summed E-state index contributed by atoms with van der Waals surface area (Å²) in [4.78, 5) is 0. The molecule has 0 saturated heterocycles. The molecule has 0 N–H and O–H groups in total. The molecule has 0 bridgehead atoms. The highest BCUT2D eigenvalue weighted by atomic mass is 127. The Morgan fingerprint density at radius 3 is 2.11 bits per heavy atom. The van der Waals surface area contributed by atoms with Crippen LogP contribution >= 0.6 is 22.6 Å². The van der Waals surface area contributed by atoms with Crippen LogP contribution in [0.2, 0.25) is 0 Å². The molecule has 1 rings (SSSR count). The van der Waals surface area contributed by atoms with Crippen LogP contribution in [0.25, 0.3) is 0 Å². The summed E-state index contributed by atoms with van der Waals surface area (Å²) in [7, 11) is 0. The smallest absolute Gasteiger partial charge is 0.113 e. The zero-order valence-corrected chi connectivity index (χ0v) is 8.14. The first-order valence-electron chi connectivity index (χ1n) is 3.45. The third-order valence-electron chi connectivity index (χ3n) is 1.50. The molecular weight excluding hydrogens is 227 g/mol. The van der Waals surface area contributed by atoms with E-state index in [4.69, 9.17) is 4.74 Å². The fourth-order valence-electron chi connectivity index (χ4n) is 0.885. The lowest BCUT2D eigenvalue weighted by Gasteiger charge is -2.31. The van der Waals surface area contributed by atoms with Crippen molar-refractivity contribution in [1.29, 1.82) is 0 Å². The quantitative estimate of drug-likeness (QED) is 0.532. The van der Waals surface area contributed by atoms with Gasteiger partial charge in [-0.2, -0.15) is 0 Å². The van der Waals surface area contributed by atoms with E-state index in [1.54, 1.807) is 0 Å². The molecule has 1 nitrogen and oxygen atoms in total. The molecule has 9 heavy (non-hydrogen) atoms. The van der Waals surface area contributed by atoms with Gasteiger partial charge in [0.25, 0.3) is 0 Å². The van der Waals surface area contributed by atoms with Gasteiger partial charge >= 0.3 is 0 Å². The van der Waals surface area contributed by atoms with Crippen LogP contribution in [-0.4, -0.2) is 9.71 Å². The van der Waals surface area contributed by atoms with E-state index >= 15 is 0 Å². The Morgan fingerprint density at radius 2 is 2.00 bits per heavy atom. The number of rotatable bonds is 2. The van der Waals surface area contributed by atoms with Crippen LogP contribution in [0.1, 0.15) is 33.1 Å². The Hall–Kier alpha value is 0.690. The summed E-state index contributed by atoms with van der Waals surface area (Å²) >= 11 is 2.33. The molecule has 54 valence electrons. The SMILES string of the molecule is CC(C)(I)OC1CCC1. The molecule has 0 unspecified atom stereocenters. The summed E-state index contributed by atoms with van der Waals surface area (Å²) in [6.45, 7) is 4.21. The van der Waals surface area contributed by atoms with E-state index in [-0.39, 0.29) is 3.61 Å². The molecular formula is C7H13IO. The molecule has 0 aromatic carbocycles. The Balaban J connectivity index is 2.16. The maximum absolute atomic E-state index is 5.66. The van der Waals surface area contributed by atoms with E-state index in [0.29, 0.717) is 6.10 Å². The third kappa shape index (κ3) is 2.85. The Morgan fingerprint density at radius 1 is 1.44 bits per heavy atom. The molecule has 1 aliphatic carbocycles. The predicted molar refractivity (Wildman–Crippen MR) is 46.8 cm³/mol. The largest absolute Gasteiger partial charge is 0.362 e. The summed E-state index contributed by atoms with van der Waals surface area (Å²) in [6.07, 6.45) is 4.47. The topological polar surface area (TPSA) is 9.23 Å². The second-order valence-corrected chi connectivity index (χ2v) is 5.63. The van der Waals surface area contributed by atoms with Crippen LogP contribution < -0.4 is 0 Å². The molecule has 0 amide bonds. The second kappa shape index (κ2) is 2.74. The van der Waals surface area contributed by atoms with Gasteiger partial charge in [0, 0.05) is 0 Å². The van der Waals surface area contributed by atoms with Gasteiger partial charge in [0.05, 0.1) is 6.10 Å². The van der Waals surface area contributed by atoms with Gasteiger partial charge < -0.3 is 4.74 Å². The number of hydrogen-bond donors (Lipinski definition) is 0. The minimum Gasteiger partial charge on any atom is -0.362 e. The fourth-order valence-corrected chi connectivity index (χ4v) is 1.24. The number of ether oxygens (including phenoxy) is 1. The molecule has 0 heterocycles. The Bertz CT molecular complexity index is 91.6. The molecule has 2 heteroatoms. The van der Waals surface area contributed by atoms with Crippen molar-refractivity contribution in [2.24, 2.45) is 0 Å². The highest BCUT2D eigenvalue weighted by molar-refractivity contribution is 14.1. The predicted octanol–water partition coefficient (Wildman–Crippen LogP) is 2.73. The third-order valence-corrected chi connectivity index (χ3v) is 1.75. The average Bonchev–Trinajstić information content (AvgIpc) is 1.53. The van der Waals surface area contributed by atoms with Gasteiger partial charge in [0.2, 0.25) is 0 Å². The van der Waals surface area contributed by atoms with E-state index in [9.17, 15) is 0 Å². The van der Waals surface area contributed by atoms with E-state index in [2.05, 4.69) is 36.4 Å². The van der Waals surface area contributed by atoms with Gasteiger partial charge in [-0.1, -0.05) is 0 Å². The summed E-state index contributed by atoms with van der Waals surface area (Å²) in [6, 6.07) is 0. The maximum Gasteiger partial charge on any atom is 0.113 e. The van der Waals surface area contributed by atoms with Gasteiger partial charge in [0.15, 0.2) is 0 Å². The molecule has 0 aliphatic heterocycles. The van der Waals surface area contributed by atoms with Gasteiger partial charge in [0.1, 0.15) is 3.61 Å². The zero-order chi connectivity index (χ0) is 6.91. The van der Waals surface area contributed by atoms with Crippen molar-refractivity contribution in [3.05, 3.63) is 0 Å². The van der Waals surface area contributed by atoms with Crippen LogP contribution in [0.3, 0.4) is 0 Å². The van der Waals surface area contributed by atoms with Gasteiger partial charge in [-0.15, -0.1) is 0 Å². The molecule has 1 aliphatic rings. The molecule has 1 saturated carbocycles. The summed E-state index contributed by atoms with van der Waals surface area (Å²) < 4.78 is 5.70. The second-order valence-electron chi connectivity index (χ2n) is 3.03. The molecule has 0 aromatic heterocycles. The van der Waals surface area contributed by atoms with Crippen molar-refractivity contribution in [2.75, 3.05) is 0 Å². The van der Waals surface area contributed by atoms with Crippen LogP contribution in [0.5, 0.6) is 0 Å². The monoisotopic (exact) mass is 240 g/mol. The first-order chi connectivity index (χ1) is 4.08. The molecule has 0 aromatic rings. The van der Waals surface area contributed by atoms with E-state index in [1.807, 2.05) is 0 Å². The van der Waals surface area contributed by atoms with Crippen molar-refractivity contribution in [3.8, 4) is 0 Å². The van der Waals surface area contributed by atoms with Gasteiger partial charge in [-0.25, -0.2) is 0 Å². The Kier molecular flexibility index (Phi) is 2.37. The van der Waals surface area contributed by atoms with Crippen molar-refractivity contribution < 1.29 is 4.74 Å². The van der Waals surface area contributed by atoms with Gasteiger partial charge in [-0.3, -0.25) is 0 Å². The average molecular weight is 240 g/mol. The zero-order valence-electron chi connectivity index (χ0n) is 5.98. The summed E-state index contributed by atoms with van der Waals surface area (Å²) in [5.74, 6) is 0. The van der Waals surface area contributed by atoms with Crippen LogP contribution in [0, 0.1) is 0 Å². The number of hydrogen-bond acceptors (Lipinski definition) is 1. The fraction of sp³-hybridized carbons (Fsp3) is 1.00. The summed E-state index contributed by atoms with van der Waals surface area (Å²) in [5, 5.41) is 0. The summed E-state index contributed by atoms with van der Waals surface area (Å²) in [5.41, 5.74) is 0. The molecule has 0 atom stereocenters. The lowest BCUT2D eigenvalue weighted by molar-refractivity contribution is -0.0438. The van der Waals surface area contributed by atoms with E-state index < -0.39 is 0 Å². The minimum absolute atomic E-state index is 0.0445. The van der Waals surface area contributed by atoms with Crippen molar-refractivity contribution >= 4 is 22.6 Å². The molecule has 0 radical (unpaired) electrons. The van der Waals surface area contributed by atoms with Gasteiger partial charge in [-0.05, 0) is 55.7 Å². The van der Waals surface area contributed by atoms with E-state index in [1.165, 1.54) is 19.3 Å². The highest BCUT2D eigenvalue weighted by Gasteiger charge is 2.24. The molecule has 0 spiro atoms. The van der Waals surface area contributed by atoms with Crippen LogP contribution in [0.15, 0.2) is 0 Å². The number of halogens is 1. The first kappa shape index (κ1) is 7.79. The van der Waals surface area contributed by atoms with Crippen molar-refractivity contribution in [1.82, 2.24) is 0 Å². The normalized spacial score (nSPS) is 21.7. The minimum atomic E-state index is 0.0445. The lowest BCUT2D eigenvalue weighted by atomic mass is 9.96. The molecule has 1 fully saturated rings. The van der Waals surface area contributed by atoms with E-state index in [0.717, 1.165) is 0 Å². The Labute approximate surface area is 70.3 Å². The number of alkyl halides is 1. The maximum atomic E-state index is 5.66. The van der Waals surface area contributed by atoms with Crippen LogP contribution in [-0.2, 0) is 4.74 Å².